The number of ether oxygens (including phenoxy) is 3. The quantitative estimate of drug-likeness (QED) is 0.459. The first-order valence-corrected chi connectivity index (χ1v) is 12.8. The first-order valence-electron chi connectivity index (χ1n) is 11.1. The van der Waals surface area contributed by atoms with Gasteiger partial charge in [-0.05, 0) is 66.7 Å². The number of rotatable bonds is 6. The van der Waals surface area contributed by atoms with Crippen LogP contribution >= 0.6 is 27.3 Å². The van der Waals surface area contributed by atoms with Gasteiger partial charge in [0.05, 0.1) is 36.3 Å². The van der Waals surface area contributed by atoms with Gasteiger partial charge in [0.25, 0.3) is 0 Å². The lowest BCUT2D eigenvalue weighted by Crippen LogP contribution is -2.36. The van der Waals surface area contributed by atoms with Crippen LogP contribution in [-0.4, -0.2) is 32.1 Å². The van der Waals surface area contributed by atoms with Gasteiger partial charge < -0.3 is 19.5 Å². The molecule has 1 aromatic carbocycles. The number of methoxy groups -OCH3 is 2. The van der Waals surface area contributed by atoms with Crippen LogP contribution in [0.25, 0.3) is 0 Å². The van der Waals surface area contributed by atoms with Crippen molar-refractivity contribution in [2.24, 2.45) is 0 Å². The first-order chi connectivity index (χ1) is 16.2. The second kappa shape index (κ2) is 9.96. The zero-order chi connectivity index (χ0) is 24.6. The van der Waals surface area contributed by atoms with Crippen molar-refractivity contribution in [1.29, 1.82) is 0 Å². The topological polar surface area (TPSA) is 73.9 Å². The molecular weight excluding hydrogens is 518 g/mol. The second-order valence-electron chi connectivity index (χ2n) is 8.72. The van der Waals surface area contributed by atoms with Crippen molar-refractivity contribution < 1.29 is 23.8 Å². The molecule has 0 amide bonds. The number of esters is 1. The normalized spacial score (nSPS) is 20.3. The highest BCUT2D eigenvalue weighted by Crippen LogP contribution is 2.49. The Morgan fingerprint density at radius 2 is 1.91 bits per heavy atom. The summed E-state index contributed by atoms with van der Waals surface area (Å²) in [5, 5.41) is 5.42. The van der Waals surface area contributed by atoms with Gasteiger partial charge in [0.1, 0.15) is 11.5 Å². The van der Waals surface area contributed by atoms with Gasteiger partial charge in [-0.3, -0.25) is 4.79 Å². The molecule has 4 rings (SSSR count). The van der Waals surface area contributed by atoms with Crippen molar-refractivity contribution >= 4 is 39.0 Å². The van der Waals surface area contributed by atoms with E-state index in [0.29, 0.717) is 46.7 Å². The van der Waals surface area contributed by atoms with E-state index in [2.05, 4.69) is 27.3 Å². The van der Waals surface area contributed by atoms with Gasteiger partial charge in [-0.2, -0.15) is 0 Å². The lowest BCUT2D eigenvalue weighted by molar-refractivity contribution is -0.143. The maximum Gasteiger partial charge on any atom is 0.337 e. The molecular formula is C26H28BrNO5S. The first kappa shape index (κ1) is 24.5. The number of carbonyl (C=O) groups is 2. The van der Waals surface area contributed by atoms with E-state index in [-0.39, 0.29) is 17.8 Å². The standard InChI is InChI=1S/C26H28BrNO5S/c1-13(2)33-26(30)23-14(3)28-18-9-15(22-7-6-8-34-22)10-19(29)25(18)24(23)16-11-21(32-5)17(27)12-20(16)31-4/h6-8,11-13,15,24,28H,9-10H2,1-5H3/t15-,24+/m0/s1. The minimum atomic E-state index is -0.628. The molecule has 6 nitrogen and oxygen atoms in total. The molecule has 2 heterocycles. The van der Waals surface area contributed by atoms with E-state index in [1.165, 1.54) is 4.88 Å². The lowest BCUT2D eigenvalue weighted by Gasteiger charge is -2.37. The predicted molar refractivity (Wildman–Crippen MR) is 135 cm³/mol. The van der Waals surface area contributed by atoms with Gasteiger partial charge in [-0.1, -0.05) is 6.07 Å². The number of halogens is 1. The number of hydrogen-bond donors (Lipinski definition) is 1. The summed E-state index contributed by atoms with van der Waals surface area (Å²) < 4.78 is 17.6. The van der Waals surface area contributed by atoms with Crippen LogP contribution < -0.4 is 14.8 Å². The molecule has 0 unspecified atom stereocenters. The van der Waals surface area contributed by atoms with E-state index >= 15 is 0 Å². The molecule has 1 N–H and O–H groups in total. The van der Waals surface area contributed by atoms with Crippen molar-refractivity contribution in [2.45, 2.75) is 51.6 Å². The molecule has 2 aliphatic rings. The highest BCUT2D eigenvalue weighted by molar-refractivity contribution is 9.10. The highest BCUT2D eigenvalue weighted by atomic mass is 79.9. The number of benzene rings is 1. The Morgan fingerprint density at radius 3 is 2.53 bits per heavy atom. The molecule has 34 heavy (non-hydrogen) atoms. The van der Waals surface area contributed by atoms with E-state index < -0.39 is 11.9 Å². The van der Waals surface area contributed by atoms with Gasteiger partial charge in [0.2, 0.25) is 0 Å². The number of carbonyl (C=O) groups excluding carboxylic acids is 2. The number of dihydropyridines is 1. The average molecular weight is 546 g/mol. The Bertz CT molecular complexity index is 1180. The van der Waals surface area contributed by atoms with Crippen LogP contribution in [0.4, 0.5) is 0 Å². The number of hydrogen-bond acceptors (Lipinski definition) is 7. The van der Waals surface area contributed by atoms with Crippen LogP contribution in [0.5, 0.6) is 11.5 Å². The van der Waals surface area contributed by atoms with Crippen LogP contribution in [0.2, 0.25) is 0 Å². The molecule has 0 fully saturated rings. The molecule has 0 spiro atoms. The van der Waals surface area contributed by atoms with Crippen LogP contribution in [-0.2, 0) is 14.3 Å². The van der Waals surface area contributed by atoms with Crippen molar-refractivity contribution in [3.05, 3.63) is 67.1 Å². The number of thiophene rings is 1. The summed E-state index contributed by atoms with van der Waals surface area (Å²) in [6.07, 6.45) is 0.784. The minimum absolute atomic E-state index is 0.0171. The third-order valence-electron chi connectivity index (χ3n) is 6.15. The summed E-state index contributed by atoms with van der Waals surface area (Å²) in [5.41, 5.74) is 3.23. The summed E-state index contributed by atoms with van der Waals surface area (Å²) in [7, 11) is 3.15. The molecule has 0 saturated heterocycles. The van der Waals surface area contributed by atoms with Crippen molar-refractivity contribution in [2.75, 3.05) is 14.2 Å². The van der Waals surface area contributed by atoms with Crippen molar-refractivity contribution in [3.63, 3.8) is 0 Å². The zero-order valence-electron chi connectivity index (χ0n) is 19.9. The van der Waals surface area contributed by atoms with Crippen LogP contribution in [0.3, 0.4) is 0 Å². The van der Waals surface area contributed by atoms with Crippen molar-refractivity contribution in [1.82, 2.24) is 5.32 Å². The maximum atomic E-state index is 13.7. The second-order valence-corrected chi connectivity index (χ2v) is 10.5. The Labute approximate surface area is 212 Å². The van der Waals surface area contributed by atoms with Gasteiger partial charge in [-0.25, -0.2) is 4.79 Å². The van der Waals surface area contributed by atoms with E-state index in [0.717, 1.165) is 10.2 Å². The molecule has 8 heteroatoms. The molecule has 1 aromatic heterocycles. The predicted octanol–water partition coefficient (Wildman–Crippen LogP) is 5.84. The summed E-state index contributed by atoms with van der Waals surface area (Å²) >= 11 is 5.17. The molecule has 2 atom stereocenters. The number of ketones is 1. The fraction of sp³-hybridized carbons (Fsp3) is 0.385. The third kappa shape index (κ3) is 4.53. The fourth-order valence-electron chi connectivity index (χ4n) is 4.73. The average Bonchev–Trinajstić information content (AvgIpc) is 3.32. The van der Waals surface area contributed by atoms with E-state index in [9.17, 15) is 9.59 Å². The number of allylic oxidation sites excluding steroid dienone is 3. The van der Waals surface area contributed by atoms with Crippen molar-refractivity contribution in [3.8, 4) is 11.5 Å². The largest absolute Gasteiger partial charge is 0.496 e. The molecule has 0 saturated carbocycles. The third-order valence-corrected chi connectivity index (χ3v) is 7.81. The summed E-state index contributed by atoms with van der Waals surface area (Å²) in [6, 6.07) is 7.72. The van der Waals surface area contributed by atoms with Gasteiger partial charge >= 0.3 is 5.97 Å². The molecule has 2 aromatic rings. The summed E-state index contributed by atoms with van der Waals surface area (Å²) in [4.78, 5) is 28.2. The van der Waals surface area contributed by atoms with Crippen LogP contribution in [0, 0.1) is 0 Å². The molecule has 1 aliphatic heterocycles. The Hall–Kier alpha value is -2.58. The zero-order valence-corrected chi connectivity index (χ0v) is 22.3. The van der Waals surface area contributed by atoms with Gasteiger partial charge in [0.15, 0.2) is 5.78 Å². The monoisotopic (exact) mass is 545 g/mol. The smallest absolute Gasteiger partial charge is 0.337 e. The van der Waals surface area contributed by atoms with E-state index in [1.807, 2.05) is 38.3 Å². The van der Waals surface area contributed by atoms with Gasteiger partial charge in [-0.15, -0.1) is 11.3 Å². The number of Topliss-reactive ketones (excluding diaryl/α,β-unsaturated/α-hetero) is 1. The maximum absolute atomic E-state index is 13.7. The molecule has 0 radical (unpaired) electrons. The van der Waals surface area contributed by atoms with Crippen LogP contribution in [0.1, 0.15) is 55.9 Å². The summed E-state index contributed by atoms with van der Waals surface area (Å²) in [6.45, 7) is 5.48. The lowest BCUT2D eigenvalue weighted by atomic mass is 9.72. The summed E-state index contributed by atoms with van der Waals surface area (Å²) in [5.74, 6) is 0.193. The Kier molecular flexibility index (Phi) is 7.19. The molecule has 0 bridgehead atoms. The number of nitrogens with one attached hydrogen (secondary N) is 1. The fourth-order valence-corrected chi connectivity index (χ4v) is 6.05. The Balaban J connectivity index is 1.90. The highest BCUT2D eigenvalue weighted by Gasteiger charge is 2.43. The van der Waals surface area contributed by atoms with E-state index in [1.54, 1.807) is 31.6 Å². The van der Waals surface area contributed by atoms with Crippen LogP contribution in [0.15, 0.2) is 56.7 Å². The van der Waals surface area contributed by atoms with Gasteiger partial charge in [0, 0.05) is 39.7 Å². The van der Waals surface area contributed by atoms with E-state index in [4.69, 9.17) is 14.2 Å². The molecule has 180 valence electrons. The minimum Gasteiger partial charge on any atom is -0.496 e. The Morgan fingerprint density at radius 1 is 1.18 bits per heavy atom. The molecule has 1 aliphatic carbocycles. The SMILES string of the molecule is COc1cc([C@@H]2C(C(=O)OC(C)C)=C(C)NC3=C2C(=O)C[C@@H](c2cccs2)C3)c(OC)cc1Br.